The fourth-order valence-electron chi connectivity index (χ4n) is 3.70. The zero-order valence-electron chi connectivity index (χ0n) is 15.5. The molecular weight excluding hydrogens is 406 g/mol. The number of nitrogens with zero attached hydrogens (tertiary/aromatic N) is 3. The highest BCUT2D eigenvalue weighted by molar-refractivity contribution is 7.98. The smallest absolute Gasteiger partial charge is 0.267 e. The molecule has 3 heterocycles. The first-order valence-electron chi connectivity index (χ1n) is 9.37. The van der Waals surface area contributed by atoms with Crippen molar-refractivity contribution in [1.29, 1.82) is 0 Å². The van der Waals surface area contributed by atoms with Crippen molar-refractivity contribution in [2.75, 3.05) is 0 Å². The minimum Gasteiger partial charge on any atom is -0.268 e. The molecule has 5 rings (SSSR count). The van der Waals surface area contributed by atoms with Crippen LogP contribution in [0.5, 0.6) is 0 Å². The van der Waals surface area contributed by atoms with Crippen molar-refractivity contribution in [3.63, 3.8) is 0 Å². The number of thiazole rings is 1. The monoisotopic (exact) mass is 425 g/mol. The van der Waals surface area contributed by atoms with Crippen LogP contribution in [-0.4, -0.2) is 14.5 Å². The minimum absolute atomic E-state index is 0.0626. The normalized spacial score (nSPS) is 13.8. The van der Waals surface area contributed by atoms with Gasteiger partial charge in [0.05, 0.1) is 21.8 Å². The highest BCUT2D eigenvalue weighted by Crippen LogP contribution is 2.35. The van der Waals surface area contributed by atoms with Gasteiger partial charge in [0.2, 0.25) is 0 Å². The number of thioether (sulfide) groups is 1. The van der Waals surface area contributed by atoms with Crippen molar-refractivity contribution in [2.24, 2.45) is 0 Å². The van der Waals surface area contributed by atoms with Gasteiger partial charge < -0.3 is 0 Å². The molecule has 0 bridgehead atoms. The van der Waals surface area contributed by atoms with Crippen molar-refractivity contribution >= 4 is 44.7 Å². The lowest BCUT2D eigenvalue weighted by Crippen LogP contribution is -2.22. The molecule has 4 nitrogen and oxygen atoms in total. The Morgan fingerprint density at radius 3 is 2.75 bits per heavy atom. The van der Waals surface area contributed by atoms with E-state index >= 15 is 0 Å². The van der Waals surface area contributed by atoms with Crippen molar-refractivity contribution in [3.8, 4) is 5.69 Å². The molecule has 0 radical (unpaired) electrons. The molecule has 142 valence electrons. The highest BCUT2D eigenvalue weighted by atomic mass is 32.2. The SMILES string of the molecule is Cc1nc(CSc2nc3sc4c(c3c(=O)n2-c2ccccc2)CCCC4)cs1. The van der Waals surface area contributed by atoms with Gasteiger partial charge >= 0.3 is 0 Å². The van der Waals surface area contributed by atoms with Crippen molar-refractivity contribution in [1.82, 2.24) is 14.5 Å². The first-order valence-corrected chi connectivity index (χ1v) is 12.1. The van der Waals surface area contributed by atoms with Crippen LogP contribution in [0.1, 0.15) is 34.0 Å². The molecule has 3 aromatic heterocycles. The number of rotatable bonds is 4. The largest absolute Gasteiger partial charge is 0.268 e. The van der Waals surface area contributed by atoms with Crippen molar-refractivity contribution in [3.05, 3.63) is 67.2 Å². The van der Waals surface area contributed by atoms with E-state index in [-0.39, 0.29) is 5.56 Å². The van der Waals surface area contributed by atoms with Crippen LogP contribution in [0.2, 0.25) is 0 Å². The summed E-state index contributed by atoms with van der Waals surface area (Å²) in [4.78, 5) is 25.4. The number of hydrogen-bond acceptors (Lipinski definition) is 6. The number of thiophene rings is 1. The van der Waals surface area contributed by atoms with Crippen LogP contribution in [0.25, 0.3) is 15.9 Å². The van der Waals surface area contributed by atoms with Crippen LogP contribution in [0.3, 0.4) is 0 Å². The van der Waals surface area contributed by atoms with Gasteiger partial charge in [-0.3, -0.25) is 9.36 Å². The molecule has 0 saturated carbocycles. The van der Waals surface area contributed by atoms with Crippen LogP contribution in [0.4, 0.5) is 0 Å². The number of aromatic nitrogens is 3. The van der Waals surface area contributed by atoms with Gasteiger partial charge in [0.1, 0.15) is 4.83 Å². The van der Waals surface area contributed by atoms with Gasteiger partial charge in [-0.05, 0) is 50.3 Å². The van der Waals surface area contributed by atoms with Crippen molar-refractivity contribution < 1.29 is 0 Å². The number of fused-ring (bicyclic) bond motifs is 3. The quantitative estimate of drug-likeness (QED) is 0.325. The molecule has 7 heteroatoms. The van der Waals surface area contributed by atoms with E-state index in [4.69, 9.17) is 4.98 Å². The summed E-state index contributed by atoms with van der Waals surface area (Å²) in [5.41, 5.74) is 3.20. The zero-order chi connectivity index (χ0) is 19.1. The molecular formula is C21H19N3OS3. The number of para-hydroxylation sites is 1. The van der Waals surface area contributed by atoms with Gasteiger partial charge in [0.25, 0.3) is 5.56 Å². The molecule has 0 spiro atoms. The average molecular weight is 426 g/mol. The molecule has 1 aromatic carbocycles. The van der Waals surface area contributed by atoms with Gasteiger partial charge in [-0.1, -0.05) is 30.0 Å². The lowest BCUT2D eigenvalue weighted by atomic mass is 9.97. The van der Waals surface area contributed by atoms with E-state index in [0.29, 0.717) is 5.75 Å². The van der Waals surface area contributed by atoms with E-state index in [1.807, 2.05) is 37.3 Å². The topological polar surface area (TPSA) is 47.8 Å². The molecule has 0 N–H and O–H groups in total. The Kier molecular flexibility index (Phi) is 4.82. The Balaban J connectivity index is 1.67. The lowest BCUT2D eigenvalue weighted by Gasteiger charge is -2.13. The maximum Gasteiger partial charge on any atom is 0.267 e. The standard InChI is InChI=1S/C21H19N3OS3/c1-13-22-14(11-26-13)12-27-21-23-19-18(16-9-5-6-10-17(16)28-19)20(25)24(21)15-7-3-2-4-8-15/h2-4,7-8,11H,5-6,9-10,12H2,1H3. The first-order chi connectivity index (χ1) is 13.7. The molecule has 0 saturated heterocycles. The molecule has 1 aliphatic carbocycles. The lowest BCUT2D eigenvalue weighted by molar-refractivity contribution is 0.699. The Hall–Kier alpha value is -1.96. The predicted octanol–water partition coefficient (Wildman–Crippen LogP) is 5.38. The maximum absolute atomic E-state index is 13.6. The Labute approximate surface area is 175 Å². The molecule has 4 aromatic rings. The van der Waals surface area contributed by atoms with E-state index in [0.717, 1.165) is 51.0 Å². The molecule has 1 aliphatic rings. The van der Waals surface area contributed by atoms with Crippen LogP contribution >= 0.6 is 34.4 Å². The molecule has 0 fully saturated rings. The highest BCUT2D eigenvalue weighted by Gasteiger charge is 2.23. The average Bonchev–Trinajstić information content (AvgIpc) is 3.30. The summed E-state index contributed by atoms with van der Waals surface area (Å²) in [6.45, 7) is 2.01. The summed E-state index contributed by atoms with van der Waals surface area (Å²) in [5.74, 6) is 0.709. The van der Waals surface area contributed by atoms with Gasteiger partial charge in [0.15, 0.2) is 5.16 Å². The third-order valence-electron chi connectivity index (χ3n) is 4.99. The molecule has 0 aliphatic heterocycles. The van der Waals surface area contributed by atoms with E-state index in [2.05, 4.69) is 10.4 Å². The number of benzene rings is 1. The van der Waals surface area contributed by atoms with Crippen LogP contribution in [-0.2, 0) is 18.6 Å². The first kappa shape index (κ1) is 18.1. The summed E-state index contributed by atoms with van der Waals surface area (Å²) in [7, 11) is 0. The van der Waals surface area contributed by atoms with E-state index in [1.54, 1.807) is 39.0 Å². The van der Waals surface area contributed by atoms with Gasteiger partial charge in [-0.25, -0.2) is 9.97 Å². The summed E-state index contributed by atoms with van der Waals surface area (Å²) in [6, 6.07) is 9.86. The van der Waals surface area contributed by atoms with E-state index in [1.165, 1.54) is 16.9 Å². The third-order valence-corrected chi connectivity index (χ3v) is 7.97. The second-order valence-corrected chi connectivity index (χ2v) is 10.00. The predicted molar refractivity (Wildman–Crippen MR) is 118 cm³/mol. The molecule has 0 unspecified atom stereocenters. The van der Waals surface area contributed by atoms with Crippen LogP contribution in [0, 0.1) is 6.92 Å². The van der Waals surface area contributed by atoms with Gasteiger partial charge in [-0.15, -0.1) is 22.7 Å². The summed E-state index contributed by atoms with van der Waals surface area (Å²) < 4.78 is 1.79. The Bertz CT molecular complexity index is 1210. The zero-order valence-corrected chi connectivity index (χ0v) is 17.9. The summed E-state index contributed by atoms with van der Waals surface area (Å²) in [6.07, 6.45) is 4.42. The third kappa shape index (κ3) is 3.21. The Morgan fingerprint density at radius 2 is 1.96 bits per heavy atom. The van der Waals surface area contributed by atoms with E-state index in [9.17, 15) is 4.79 Å². The molecule has 28 heavy (non-hydrogen) atoms. The summed E-state index contributed by atoms with van der Waals surface area (Å²) >= 11 is 4.95. The minimum atomic E-state index is 0.0626. The number of hydrogen-bond donors (Lipinski definition) is 0. The maximum atomic E-state index is 13.6. The second-order valence-electron chi connectivity index (χ2n) is 6.91. The fourth-order valence-corrected chi connectivity index (χ4v) is 6.63. The fraction of sp³-hybridized carbons (Fsp3) is 0.286. The van der Waals surface area contributed by atoms with E-state index < -0.39 is 0 Å². The number of aryl methyl sites for hydroxylation is 3. The van der Waals surface area contributed by atoms with Gasteiger partial charge in [-0.2, -0.15) is 0 Å². The van der Waals surface area contributed by atoms with Crippen LogP contribution in [0.15, 0.2) is 45.7 Å². The molecule has 0 amide bonds. The van der Waals surface area contributed by atoms with Crippen molar-refractivity contribution in [2.45, 2.75) is 43.5 Å². The van der Waals surface area contributed by atoms with Crippen LogP contribution < -0.4 is 5.56 Å². The van der Waals surface area contributed by atoms with Gasteiger partial charge in [0, 0.05) is 16.0 Å². The summed E-state index contributed by atoms with van der Waals surface area (Å²) in [5, 5.41) is 4.71. The second kappa shape index (κ2) is 7.46. The molecule has 0 atom stereocenters. The Morgan fingerprint density at radius 1 is 1.14 bits per heavy atom.